The van der Waals surface area contributed by atoms with E-state index in [1.807, 2.05) is 0 Å². The molecule has 0 bridgehead atoms. The van der Waals surface area contributed by atoms with Gasteiger partial charge in [-0.2, -0.15) is 4.31 Å². The number of benzene rings is 1. The van der Waals surface area contributed by atoms with Crippen LogP contribution in [0.1, 0.15) is 12.5 Å². The van der Waals surface area contributed by atoms with E-state index in [0.717, 1.165) is 10.4 Å². The van der Waals surface area contributed by atoms with Gasteiger partial charge in [-0.05, 0) is 25.1 Å². The molecule has 20 heavy (non-hydrogen) atoms. The number of halogens is 1. The van der Waals surface area contributed by atoms with Crippen molar-refractivity contribution in [2.24, 2.45) is 5.73 Å². The topological polar surface area (TPSA) is 83.6 Å². The maximum atomic E-state index is 13.8. The van der Waals surface area contributed by atoms with Gasteiger partial charge in [0.15, 0.2) is 0 Å². The SMILES string of the molecule is CC(O)CN(C)S(=O)(=O)c1ccc(C#CCN)c(F)c1. The molecule has 0 radical (unpaired) electrons. The minimum absolute atomic E-state index is 0.0708. The summed E-state index contributed by atoms with van der Waals surface area (Å²) >= 11 is 0. The van der Waals surface area contributed by atoms with Crippen LogP contribution in [0.4, 0.5) is 4.39 Å². The van der Waals surface area contributed by atoms with E-state index < -0.39 is 21.9 Å². The van der Waals surface area contributed by atoms with E-state index in [9.17, 15) is 17.9 Å². The van der Waals surface area contributed by atoms with Gasteiger partial charge in [-0.3, -0.25) is 0 Å². The van der Waals surface area contributed by atoms with E-state index in [1.165, 1.54) is 26.1 Å². The first-order valence-electron chi connectivity index (χ1n) is 5.92. The van der Waals surface area contributed by atoms with E-state index in [2.05, 4.69) is 11.8 Å². The molecular weight excluding hydrogens is 283 g/mol. The number of rotatable bonds is 4. The molecule has 0 saturated heterocycles. The van der Waals surface area contributed by atoms with Gasteiger partial charge in [0.1, 0.15) is 5.82 Å². The third kappa shape index (κ3) is 4.02. The lowest BCUT2D eigenvalue weighted by Crippen LogP contribution is -2.33. The monoisotopic (exact) mass is 300 g/mol. The molecule has 0 aliphatic carbocycles. The maximum Gasteiger partial charge on any atom is 0.243 e. The van der Waals surface area contributed by atoms with Crippen LogP contribution in [-0.4, -0.2) is 44.1 Å². The van der Waals surface area contributed by atoms with Crippen LogP contribution in [0.25, 0.3) is 0 Å². The van der Waals surface area contributed by atoms with E-state index in [0.29, 0.717) is 0 Å². The van der Waals surface area contributed by atoms with Gasteiger partial charge in [0.05, 0.1) is 23.1 Å². The summed E-state index contributed by atoms with van der Waals surface area (Å²) in [4.78, 5) is -0.184. The molecule has 1 unspecified atom stereocenters. The summed E-state index contributed by atoms with van der Waals surface area (Å²) in [7, 11) is -2.51. The second-order valence-electron chi connectivity index (χ2n) is 4.28. The molecule has 1 aromatic carbocycles. The molecule has 0 aliphatic rings. The Hall–Kier alpha value is -1.46. The van der Waals surface area contributed by atoms with Crippen LogP contribution in [0, 0.1) is 17.7 Å². The Balaban J connectivity index is 3.12. The average molecular weight is 300 g/mol. The normalized spacial score (nSPS) is 12.9. The number of hydrogen-bond acceptors (Lipinski definition) is 4. The fraction of sp³-hybridized carbons (Fsp3) is 0.385. The molecular formula is C13H17FN2O3S. The Bertz CT molecular complexity index is 633. The second kappa shape index (κ2) is 6.81. The Morgan fingerprint density at radius 1 is 1.50 bits per heavy atom. The van der Waals surface area contributed by atoms with Gasteiger partial charge < -0.3 is 10.8 Å². The van der Waals surface area contributed by atoms with E-state index in [-0.39, 0.29) is 23.5 Å². The average Bonchev–Trinajstić information content (AvgIpc) is 2.36. The van der Waals surface area contributed by atoms with Gasteiger partial charge in [-0.25, -0.2) is 12.8 Å². The third-order valence-electron chi connectivity index (χ3n) is 2.50. The van der Waals surface area contributed by atoms with Crippen LogP contribution in [0.5, 0.6) is 0 Å². The summed E-state index contributed by atoms with van der Waals surface area (Å²) in [5, 5.41) is 9.22. The van der Waals surface area contributed by atoms with Gasteiger partial charge in [0.25, 0.3) is 0 Å². The lowest BCUT2D eigenvalue weighted by atomic mass is 10.2. The molecule has 110 valence electrons. The van der Waals surface area contributed by atoms with Crippen molar-refractivity contribution < 1.29 is 17.9 Å². The summed E-state index contributed by atoms with van der Waals surface area (Å²) < 4.78 is 39.0. The zero-order valence-electron chi connectivity index (χ0n) is 11.3. The fourth-order valence-electron chi connectivity index (χ4n) is 1.55. The van der Waals surface area contributed by atoms with Crippen molar-refractivity contribution in [1.82, 2.24) is 4.31 Å². The molecule has 0 aliphatic heterocycles. The highest BCUT2D eigenvalue weighted by molar-refractivity contribution is 7.89. The molecule has 5 nitrogen and oxygen atoms in total. The summed E-state index contributed by atoms with van der Waals surface area (Å²) in [6.45, 7) is 1.49. The first-order chi connectivity index (χ1) is 9.28. The zero-order valence-corrected chi connectivity index (χ0v) is 12.1. The maximum absolute atomic E-state index is 13.8. The minimum atomic E-state index is -3.83. The lowest BCUT2D eigenvalue weighted by molar-refractivity contribution is 0.171. The highest BCUT2D eigenvalue weighted by Crippen LogP contribution is 2.18. The quantitative estimate of drug-likeness (QED) is 0.775. The van der Waals surface area contributed by atoms with Crippen LogP contribution in [0.15, 0.2) is 23.1 Å². The van der Waals surface area contributed by atoms with Crippen molar-refractivity contribution in [2.45, 2.75) is 17.9 Å². The third-order valence-corrected chi connectivity index (χ3v) is 4.31. The Kier molecular flexibility index (Phi) is 5.65. The van der Waals surface area contributed by atoms with Crippen LogP contribution in [-0.2, 0) is 10.0 Å². The van der Waals surface area contributed by atoms with Crippen molar-refractivity contribution in [1.29, 1.82) is 0 Å². The predicted molar refractivity (Wildman–Crippen MR) is 73.8 cm³/mol. The molecule has 0 saturated carbocycles. The Labute approximate surface area is 118 Å². The van der Waals surface area contributed by atoms with Crippen molar-refractivity contribution in [3.63, 3.8) is 0 Å². The number of nitrogens with zero attached hydrogens (tertiary/aromatic N) is 1. The van der Waals surface area contributed by atoms with Crippen LogP contribution >= 0.6 is 0 Å². The molecule has 7 heteroatoms. The minimum Gasteiger partial charge on any atom is -0.392 e. The van der Waals surface area contributed by atoms with Gasteiger partial charge >= 0.3 is 0 Å². The van der Waals surface area contributed by atoms with E-state index >= 15 is 0 Å². The van der Waals surface area contributed by atoms with Crippen molar-refractivity contribution in [2.75, 3.05) is 20.1 Å². The van der Waals surface area contributed by atoms with Crippen LogP contribution in [0.3, 0.4) is 0 Å². The molecule has 1 atom stereocenters. The smallest absolute Gasteiger partial charge is 0.243 e. The van der Waals surface area contributed by atoms with Crippen molar-refractivity contribution >= 4 is 10.0 Å². The van der Waals surface area contributed by atoms with Crippen molar-refractivity contribution in [3.8, 4) is 11.8 Å². The lowest BCUT2D eigenvalue weighted by Gasteiger charge is -2.18. The zero-order chi connectivity index (χ0) is 15.3. The standard InChI is InChI=1S/C13H17FN2O3S/c1-10(17)9-16(2)20(18,19)12-6-5-11(4-3-7-15)13(14)8-12/h5-6,8,10,17H,7,9,15H2,1-2H3. The number of likely N-dealkylation sites (N-methyl/N-ethyl adjacent to an activating group) is 1. The summed E-state index contributed by atoms with van der Waals surface area (Å²) in [6.07, 6.45) is -0.811. The summed E-state index contributed by atoms with van der Waals surface area (Å²) in [5.74, 6) is 4.29. The number of nitrogens with two attached hydrogens (primary N) is 1. The fourth-order valence-corrected chi connectivity index (χ4v) is 2.82. The van der Waals surface area contributed by atoms with Crippen LogP contribution < -0.4 is 5.73 Å². The molecule has 0 spiro atoms. The first kappa shape index (κ1) is 16.6. The molecule has 1 aromatic rings. The predicted octanol–water partition coefficient (Wildman–Crippen LogP) is 0.137. The van der Waals surface area contributed by atoms with Gasteiger partial charge in [0.2, 0.25) is 10.0 Å². The number of sulfonamides is 1. The highest BCUT2D eigenvalue weighted by atomic mass is 32.2. The molecule has 0 aromatic heterocycles. The summed E-state index contributed by atoms with van der Waals surface area (Å²) in [5.41, 5.74) is 5.28. The largest absolute Gasteiger partial charge is 0.392 e. The van der Waals surface area contributed by atoms with Crippen molar-refractivity contribution in [3.05, 3.63) is 29.6 Å². The van der Waals surface area contributed by atoms with Gasteiger partial charge in [0, 0.05) is 13.6 Å². The first-order valence-corrected chi connectivity index (χ1v) is 7.36. The van der Waals surface area contributed by atoms with E-state index in [1.54, 1.807) is 0 Å². The van der Waals surface area contributed by atoms with Crippen LogP contribution in [0.2, 0.25) is 0 Å². The molecule has 0 heterocycles. The van der Waals surface area contributed by atoms with Gasteiger partial charge in [-0.1, -0.05) is 11.8 Å². The van der Waals surface area contributed by atoms with Gasteiger partial charge in [-0.15, -0.1) is 0 Å². The molecule has 1 rings (SSSR count). The summed E-state index contributed by atoms with van der Waals surface area (Å²) in [6, 6.07) is 3.48. The van der Waals surface area contributed by atoms with E-state index in [4.69, 9.17) is 5.73 Å². The molecule has 3 N–H and O–H groups in total. The number of hydrogen-bond donors (Lipinski definition) is 2. The Morgan fingerprint density at radius 2 is 2.15 bits per heavy atom. The number of aliphatic hydroxyl groups excluding tert-OH is 1. The molecule has 0 amide bonds. The molecule has 0 fully saturated rings. The second-order valence-corrected chi connectivity index (χ2v) is 6.33. The highest BCUT2D eigenvalue weighted by Gasteiger charge is 2.22. The number of aliphatic hydroxyl groups is 1. The Morgan fingerprint density at radius 3 is 2.65 bits per heavy atom.